The Bertz CT molecular complexity index is 615. The van der Waals surface area contributed by atoms with Crippen LogP contribution in [0.15, 0.2) is 40.1 Å². The lowest BCUT2D eigenvalue weighted by molar-refractivity contribution is -0.384. The van der Waals surface area contributed by atoms with Crippen molar-refractivity contribution in [2.24, 2.45) is 11.8 Å². The Labute approximate surface area is 119 Å². The zero-order valence-corrected chi connectivity index (χ0v) is 12.8. The van der Waals surface area contributed by atoms with E-state index in [1.54, 1.807) is 13.0 Å². The first-order chi connectivity index (χ1) is 9.16. The Balaban J connectivity index is 3.13. The fraction of sp³-hybridized carbons (Fsp3) is 0.429. The fourth-order valence-electron chi connectivity index (χ4n) is 1.59. The molecule has 1 aromatic rings. The van der Waals surface area contributed by atoms with Crippen LogP contribution in [0.25, 0.3) is 0 Å². The maximum Gasteiger partial charge on any atom is 0.269 e. The largest absolute Gasteiger partial charge is 0.269 e. The van der Waals surface area contributed by atoms with Gasteiger partial charge >= 0.3 is 0 Å². The van der Waals surface area contributed by atoms with E-state index in [1.807, 2.05) is 20.8 Å². The third-order valence-electron chi connectivity index (χ3n) is 3.33. The Kier molecular flexibility index (Phi) is 5.05. The molecule has 0 bridgehead atoms. The molecule has 20 heavy (non-hydrogen) atoms. The van der Waals surface area contributed by atoms with Crippen LogP contribution < -0.4 is 0 Å². The summed E-state index contributed by atoms with van der Waals surface area (Å²) in [7, 11) is -3.57. The van der Waals surface area contributed by atoms with Crippen LogP contribution in [0.3, 0.4) is 0 Å². The van der Waals surface area contributed by atoms with Crippen molar-refractivity contribution in [1.82, 2.24) is 0 Å². The summed E-state index contributed by atoms with van der Waals surface area (Å²) in [6.07, 6.45) is 1.72. The number of nitro benzene ring substituents is 1. The summed E-state index contributed by atoms with van der Waals surface area (Å²) in [6, 6.07) is 4.94. The summed E-state index contributed by atoms with van der Waals surface area (Å²) < 4.78 is 24.7. The van der Waals surface area contributed by atoms with Gasteiger partial charge in [-0.2, -0.15) is 0 Å². The molecule has 0 aliphatic rings. The second-order valence-electron chi connectivity index (χ2n) is 5.13. The second-order valence-corrected chi connectivity index (χ2v) is 7.26. The van der Waals surface area contributed by atoms with E-state index in [2.05, 4.69) is 0 Å². The third-order valence-corrected chi connectivity index (χ3v) is 5.21. The minimum Gasteiger partial charge on any atom is -0.258 e. The van der Waals surface area contributed by atoms with E-state index >= 15 is 0 Å². The van der Waals surface area contributed by atoms with Gasteiger partial charge in [0.15, 0.2) is 0 Å². The minimum atomic E-state index is -3.57. The lowest BCUT2D eigenvalue weighted by atomic mass is 9.98. The predicted molar refractivity (Wildman–Crippen MR) is 78.0 cm³/mol. The summed E-state index contributed by atoms with van der Waals surface area (Å²) in [5.74, 6) is 0.486. The molecule has 0 heterocycles. The second kappa shape index (κ2) is 6.17. The normalized spacial score (nSPS) is 14.3. The van der Waals surface area contributed by atoms with Gasteiger partial charge in [-0.1, -0.05) is 26.8 Å². The molecule has 5 nitrogen and oxygen atoms in total. The molecule has 0 saturated heterocycles. The van der Waals surface area contributed by atoms with Crippen LogP contribution in [0.2, 0.25) is 0 Å². The van der Waals surface area contributed by atoms with Crippen LogP contribution >= 0.6 is 0 Å². The maximum absolute atomic E-state index is 12.3. The van der Waals surface area contributed by atoms with Crippen molar-refractivity contribution in [1.29, 1.82) is 0 Å². The highest BCUT2D eigenvalue weighted by atomic mass is 32.2. The molecule has 1 aromatic carbocycles. The maximum atomic E-state index is 12.3. The molecular formula is C14H19NO4S. The highest BCUT2D eigenvalue weighted by Gasteiger charge is 2.19. The molecule has 0 aromatic heterocycles. The number of nitro groups is 1. The molecule has 0 aliphatic carbocycles. The summed E-state index contributed by atoms with van der Waals surface area (Å²) >= 11 is 0. The first-order valence-electron chi connectivity index (χ1n) is 6.34. The molecule has 0 radical (unpaired) electrons. The minimum absolute atomic E-state index is 0.0767. The third kappa shape index (κ3) is 3.66. The first-order valence-corrected chi connectivity index (χ1v) is 7.82. The van der Waals surface area contributed by atoms with E-state index in [-0.39, 0.29) is 21.4 Å². The van der Waals surface area contributed by atoms with E-state index in [1.165, 1.54) is 24.3 Å². The van der Waals surface area contributed by atoms with Crippen molar-refractivity contribution < 1.29 is 13.3 Å². The smallest absolute Gasteiger partial charge is 0.258 e. The average molecular weight is 297 g/mol. The molecule has 0 fully saturated rings. The van der Waals surface area contributed by atoms with Crippen molar-refractivity contribution in [2.45, 2.75) is 32.6 Å². The highest BCUT2D eigenvalue weighted by molar-refractivity contribution is 7.95. The Morgan fingerprint density at radius 1 is 1.20 bits per heavy atom. The topological polar surface area (TPSA) is 77.3 Å². The molecule has 1 atom stereocenters. The SMILES string of the molecule is C/C(=C\C(C)C(C)C)S(=O)(=O)c1ccc([N+](=O)[O-])cc1. The molecule has 0 N–H and O–H groups in total. The highest BCUT2D eigenvalue weighted by Crippen LogP contribution is 2.24. The van der Waals surface area contributed by atoms with E-state index in [9.17, 15) is 18.5 Å². The lowest BCUT2D eigenvalue weighted by Crippen LogP contribution is -2.07. The molecule has 1 rings (SSSR count). The van der Waals surface area contributed by atoms with Crippen LogP contribution in [-0.4, -0.2) is 13.3 Å². The zero-order chi connectivity index (χ0) is 15.5. The number of non-ortho nitro benzene ring substituents is 1. The number of hydrogen-bond donors (Lipinski definition) is 0. The van der Waals surface area contributed by atoms with Gasteiger partial charge in [0.2, 0.25) is 9.84 Å². The molecular weight excluding hydrogens is 278 g/mol. The molecule has 1 unspecified atom stereocenters. The lowest BCUT2D eigenvalue weighted by Gasteiger charge is -2.12. The van der Waals surface area contributed by atoms with E-state index in [0.717, 1.165) is 0 Å². The number of benzene rings is 1. The Morgan fingerprint density at radius 3 is 2.10 bits per heavy atom. The summed E-state index contributed by atoms with van der Waals surface area (Å²) in [4.78, 5) is 10.4. The summed E-state index contributed by atoms with van der Waals surface area (Å²) in [5, 5.41) is 10.6. The van der Waals surface area contributed by atoms with Gasteiger partial charge in [-0.25, -0.2) is 8.42 Å². The van der Waals surface area contributed by atoms with Crippen molar-refractivity contribution in [2.75, 3.05) is 0 Å². The van der Waals surface area contributed by atoms with Gasteiger partial charge in [0, 0.05) is 17.0 Å². The van der Waals surface area contributed by atoms with Gasteiger partial charge < -0.3 is 0 Å². The molecule has 0 saturated carbocycles. The van der Waals surface area contributed by atoms with Gasteiger partial charge in [0.05, 0.1) is 9.82 Å². The number of nitrogens with zero attached hydrogens (tertiary/aromatic N) is 1. The van der Waals surface area contributed by atoms with E-state index in [0.29, 0.717) is 5.92 Å². The van der Waals surface area contributed by atoms with Gasteiger partial charge in [0.1, 0.15) is 0 Å². The van der Waals surface area contributed by atoms with Crippen LogP contribution in [0.1, 0.15) is 27.7 Å². The number of rotatable bonds is 5. The van der Waals surface area contributed by atoms with Crippen LogP contribution in [0, 0.1) is 22.0 Å². The fourth-order valence-corrected chi connectivity index (χ4v) is 2.85. The molecule has 110 valence electrons. The van der Waals surface area contributed by atoms with E-state index in [4.69, 9.17) is 0 Å². The Morgan fingerprint density at radius 2 is 1.70 bits per heavy atom. The van der Waals surface area contributed by atoms with Crippen molar-refractivity contribution >= 4 is 15.5 Å². The monoisotopic (exact) mass is 297 g/mol. The number of hydrogen-bond acceptors (Lipinski definition) is 4. The van der Waals surface area contributed by atoms with Crippen molar-refractivity contribution in [3.63, 3.8) is 0 Å². The van der Waals surface area contributed by atoms with Crippen LogP contribution in [0.4, 0.5) is 5.69 Å². The van der Waals surface area contributed by atoms with Gasteiger partial charge in [-0.05, 0) is 30.9 Å². The van der Waals surface area contributed by atoms with Crippen molar-refractivity contribution in [3.8, 4) is 0 Å². The van der Waals surface area contributed by atoms with Gasteiger partial charge in [-0.3, -0.25) is 10.1 Å². The quantitative estimate of drug-likeness (QED) is 0.615. The van der Waals surface area contributed by atoms with Crippen molar-refractivity contribution in [3.05, 3.63) is 45.4 Å². The molecule has 0 amide bonds. The first kappa shape index (κ1) is 16.4. The number of sulfone groups is 1. The Hall–Kier alpha value is -1.69. The average Bonchev–Trinajstić information content (AvgIpc) is 2.38. The summed E-state index contributed by atoms with van der Waals surface area (Å²) in [5.41, 5.74) is -0.124. The molecule has 0 aliphatic heterocycles. The molecule has 6 heteroatoms. The molecule has 0 spiro atoms. The van der Waals surface area contributed by atoms with Gasteiger partial charge in [0.25, 0.3) is 5.69 Å². The standard InChI is InChI=1S/C14H19NO4S/c1-10(2)11(3)9-12(4)20(18,19)14-7-5-13(6-8-14)15(16)17/h5-11H,1-4H3/b12-9+. The zero-order valence-electron chi connectivity index (χ0n) is 12.0. The van der Waals surface area contributed by atoms with Crippen LogP contribution in [-0.2, 0) is 9.84 Å². The van der Waals surface area contributed by atoms with Crippen LogP contribution in [0.5, 0.6) is 0 Å². The number of allylic oxidation sites excluding steroid dienone is 2. The predicted octanol–water partition coefficient (Wildman–Crippen LogP) is 3.56. The van der Waals surface area contributed by atoms with Gasteiger partial charge in [-0.15, -0.1) is 0 Å². The summed E-state index contributed by atoms with van der Waals surface area (Å²) in [6.45, 7) is 7.55. The van der Waals surface area contributed by atoms with E-state index < -0.39 is 14.8 Å².